The molecule has 5 nitrogen and oxygen atoms in total. The van der Waals surface area contributed by atoms with Crippen LogP contribution in [0.1, 0.15) is 36.4 Å². The van der Waals surface area contributed by atoms with Gasteiger partial charge in [0.05, 0.1) is 0 Å². The summed E-state index contributed by atoms with van der Waals surface area (Å²) in [5.41, 5.74) is 9.08. The molecule has 3 unspecified atom stereocenters. The van der Waals surface area contributed by atoms with Gasteiger partial charge in [0.1, 0.15) is 6.04 Å². The number of rotatable bonds is 5. The van der Waals surface area contributed by atoms with E-state index in [1.807, 2.05) is 18.2 Å². The number of carbonyl (C=O) groups is 1. The van der Waals surface area contributed by atoms with Gasteiger partial charge in [-0.25, -0.2) is 10.9 Å². The zero-order chi connectivity index (χ0) is 19.3. The van der Waals surface area contributed by atoms with Crippen molar-refractivity contribution in [3.8, 4) is 0 Å². The molecule has 0 aromatic heterocycles. The van der Waals surface area contributed by atoms with Crippen LogP contribution in [0.25, 0.3) is 0 Å². The monoisotopic (exact) mass is 378 g/mol. The Morgan fingerprint density at radius 2 is 1.79 bits per heavy atom. The number of nitrogens with zero attached hydrogens (tertiary/aromatic N) is 2. The molecule has 0 bridgehead atoms. The molecule has 2 aromatic carbocycles. The Hall–Kier alpha value is -2.21. The number of amides is 1. The van der Waals surface area contributed by atoms with E-state index < -0.39 is 0 Å². The van der Waals surface area contributed by atoms with Crippen molar-refractivity contribution >= 4 is 5.91 Å². The first kappa shape index (κ1) is 19.1. The van der Waals surface area contributed by atoms with Crippen LogP contribution in [0, 0.1) is 0 Å². The molecule has 28 heavy (non-hydrogen) atoms. The second-order valence-electron chi connectivity index (χ2n) is 8.02. The molecule has 2 aromatic rings. The van der Waals surface area contributed by atoms with E-state index in [1.54, 1.807) is 0 Å². The van der Waals surface area contributed by atoms with Crippen molar-refractivity contribution in [1.29, 1.82) is 0 Å². The zero-order valence-electron chi connectivity index (χ0n) is 16.6. The minimum Gasteiger partial charge on any atom is -0.340 e. The zero-order valence-corrected chi connectivity index (χ0v) is 16.6. The van der Waals surface area contributed by atoms with Gasteiger partial charge in [-0.05, 0) is 37.4 Å². The summed E-state index contributed by atoms with van der Waals surface area (Å²) in [5, 5.41) is 0. The average molecular weight is 379 g/mol. The smallest absolute Gasteiger partial charge is 0.241 e. The predicted molar refractivity (Wildman–Crippen MR) is 111 cm³/mol. The van der Waals surface area contributed by atoms with Gasteiger partial charge in [-0.1, -0.05) is 60.7 Å². The van der Waals surface area contributed by atoms with Crippen LogP contribution in [0.4, 0.5) is 0 Å². The molecule has 2 heterocycles. The van der Waals surface area contributed by atoms with Crippen molar-refractivity contribution < 1.29 is 4.79 Å². The van der Waals surface area contributed by atoms with Gasteiger partial charge in [-0.3, -0.25) is 9.69 Å². The third kappa shape index (κ3) is 4.43. The van der Waals surface area contributed by atoms with Gasteiger partial charge in [-0.15, -0.1) is 0 Å². The lowest BCUT2D eigenvalue weighted by molar-refractivity contribution is -0.135. The molecule has 3 atom stereocenters. The van der Waals surface area contributed by atoms with Gasteiger partial charge in [0, 0.05) is 31.7 Å². The number of likely N-dealkylation sites (N-methyl/N-ethyl adjacent to an activating group) is 1. The fourth-order valence-electron chi connectivity index (χ4n) is 4.36. The van der Waals surface area contributed by atoms with E-state index in [-0.39, 0.29) is 18.0 Å². The molecule has 0 aliphatic carbocycles. The van der Waals surface area contributed by atoms with Crippen molar-refractivity contribution in [2.24, 2.45) is 0 Å². The molecule has 0 spiro atoms. The van der Waals surface area contributed by atoms with E-state index in [2.05, 4.69) is 70.2 Å². The Morgan fingerprint density at radius 3 is 2.54 bits per heavy atom. The van der Waals surface area contributed by atoms with Gasteiger partial charge in [0.15, 0.2) is 0 Å². The van der Waals surface area contributed by atoms with Gasteiger partial charge in [0.25, 0.3) is 0 Å². The molecule has 2 N–H and O–H groups in total. The van der Waals surface area contributed by atoms with Crippen LogP contribution in [-0.4, -0.2) is 47.9 Å². The fourth-order valence-corrected chi connectivity index (χ4v) is 4.36. The van der Waals surface area contributed by atoms with Gasteiger partial charge in [-0.2, -0.15) is 0 Å². The van der Waals surface area contributed by atoms with Crippen molar-refractivity contribution in [2.45, 2.75) is 43.9 Å². The first-order valence-electron chi connectivity index (χ1n) is 10.3. The molecule has 2 aliphatic heterocycles. The Kier molecular flexibility index (Phi) is 6.05. The largest absolute Gasteiger partial charge is 0.340 e. The van der Waals surface area contributed by atoms with Crippen LogP contribution in [-0.2, 0) is 11.3 Å². The predicted octanol–water partition coefficient (Wildman–Crippen LogP) is 2.72. The van der Waals surface area contributed by atoms with E-state index in [4.69, 9.17) is 0 Å². The minimum atomic E-state index is -0.150. The third-order valence-electron chi connectivity index (χ3n) is 6.01. The Bertz CT molecular complexity index is 767. The summed E-state index contributed by atoms with van der Waals surface area (Å²) in [5.74, 6) is 0.226. The van der Waals surface area contributed by atoms with Crippen LogP contribution in [0.3, 0.4) is 0 Å². The Labute approximate surface area is 167 Å². The summed E-state index contributed by atoms with van der Waals surface area (Å²) in [6.07, 6.45) is 3.01. The first-order chi connectivity index (χ1) is 13.7. The number of likely N-dealkylation sites (tertiary alicyclic amines) is 1. The van der Waals surface area contributed by atoms with Crippen LogP contribution >= 0.6 is 0 Å². The van der Waals surface area contributed by atoms with E-state index in [0.717, 1.165) is 38.9 Å². The number of hydrogen-bond donors (Lipinski definition) is 2. The Morgan fingerprint density at radius 1 is 1.07 bits per heavy atom. The fraction of sp³-hybridized carbons (Fsp3) is 0.435. The number of hydrazine groups is 1. The highest BCUT2D eigenvalue weighted by molar-refractivity contribution is 5.82. The number of nitrogens with one attached hydrogen (secondary N) is 2. The second-order valence-corrected chi connectivity index (χ2v) is 8.02. The first-order valence-corrected chi connectivity index (χ1v) is 10.3. The highest BCUT2D eigenvalue weighted by Crippen LogP contribution is 2.24. The summed E-state index contributed by atoms with van der Waals surface area (Å²) in [6.45, 7) is 2.60. The van der Waals surface area contributed by atoms with E-state index in [9.17, 15) is 4.79 Å². The maximum absolute atomic E-state index is 13.1. The highest BCUT2D eigenvalue weighted by atomic mass is 16.2. The van der Waals surface area contributed by atoms with Crippen molar-refractivity contribution in [2.75, 3.05) is 20.1 Å². The second kappa shape index (κ2) is 8.86. The molecule has 2 aliphatic rings. The van der Waals surface area contributed by atoms with Gasteiger partial charge in [0.2, 0.25) is 5.91 Å². The van der Waals surface area contributed by atoms with Crippen molar-refractivity contribution in [1.82, 2.24) is 20.7 Å². The maximum atomic E-state index is 13.1. The molecule has 148 valence electrons. The summed E-state index contributed by atoms with van der Waals surface area (Å²) in [7, 11) is 2.17. The number of benzene rings is 2. The normalized spacial score (nSPS) is 25.2. The molecule has 0 radical (unpaired) electrons. The van der Waals surface area contributed by atoms with E-state index >= 15 is 0 Å². The van der Waals surface area contributed by atoms with Crippen molar-refractivity contribution in [3.05, 3.63) is 71.8 Å². The topological polar surface area (TPSA) is 47.6 Å². The average Bonchev–Trinajstić information content (AvgIpc) is 3.25. The number of piperidine rings is 1. The molecule has 1 amide bonds. The SMILES string of the molecule is CN(Cc1ccccc1)C1CCCN(C(=O)C2CC(c3ccccc3)NN2)C1. The van der Waals surface area contributed by atoms with Gasteiger partial charge < -0.3 is 4.90 Å². The summed E-state index contributed by atoms with van der Waals surface area (Å²) in [4.78, 5) is 17.6. The number of carbonyl (C=O) groups excluding carboxylic acids is 1. The van der Waals surface area contributed by atoms with E-state index in [1.165, 1.54) is 11.1 Å². The summed E-state index contributed by atoms with van der Waals surface area (Å²) >= 11 is 0. The molecular weight excluding hydrogens is 348 g/mol. The van der Waals surface area contributed by atoms with Crippen molar-refractivity contribution in [3.63, 3.8) is 0 Å². The summed E-state index contributed by atoms with van der Waals surface area (Å²) < 4.78 is 0. The minimum absolute atomic E-state index is 0.150. The quantitative estimate of drug-likeness (QED) is 0.840. The maximum Gasteiger partial charge on any atom is 0.241 e. The Balaban J connectivity index is 1.33. The van der Waals surface area contributed by atoms with Crippen LogP contribution < -0.4 is 10.9 Å². The number of hydrogen-bond acceptors (Lipinski definition) is 4. The lowest BCUT2D eigenvalue weighted by Gasteiger charge is -2.38. The lowest BCUT2D eigenvalue weighted by Crippen LogP contribution is -2.53. The van der Waals surface area contributed by atoms with Crippen LogP contribution in [0.2, 0.25) is 0 Å². The van der Waals surface area contributed by atoms with Crippen LogP contribution in [0.15, 0.2) is 60.7 Å². The third-order valence-corrected chi connectivity index (χ3v) is 6.01. The van der Waals surface area contributed by atoms with E-state index in [0.29, 0.717) is 6.04 Å². The standard InChI is InChI=1S/C23H30N4O/c1-26(16-18-9-4-2-5-10-18)20-13-8-14-27(17-20)23(28)22-15-21(24-25-22)19-11-6-3-7-12-19/h2-7,9-12,20-22,24-25H,8,13-17H2,1H3. The summed E-state index contributed by atoms with van der Waals surface area (Å²) in [6, 6.07) is 21.3. The molecule has 4 rings (SSSR count). The lowest BCUT2D eigenvalue weighted by atomic mass is 9.99. The molecule has 2 saturated heterocycles. The highest BCUT2D eigenvalue weighted by Gasteiger charge is 2.35. The van der Waals surface area contributed by atoms with Crippen LogP contribution in [0.5, 0.6) is 0 Å². The molecular formula is C23H30N4O. The van der Waals surface area contributed by atoms with Gasteiger partial charge >= 0.3 is 0 Å². The molecule has 0 saturated carbocycles. The molecule has 5 heteroatoms. The molecule has 2 fully saturated rings.